The van der Waals surface area contributed by atoms with Crippen LogP contribution in [0.25, 0.3) is 0 Å². The van der Waals surface area contributed by atoms with Gasteiger partial charge in [-0.3, -0.25) is 0 Å². The van der Waals surface area contributed by atoms with Gasteiger partial charge < -0.3 is 10.1 Å². The molecule has 0 saturated carbocycles. The van der Waals surface area contributed by atoms with E-state index in [4.69, 9.17) is 12.2 Å². The molecule has 1 aromatic carbocycles. The highest BCUT2D eigenvalue weighted by atomic mass is 32.1. The van der Waals surface area contributed by atoms with Crippen LogP contribution in [0.15, 0.2) is 36.5 Å². The summed E-state index contributed by atoms with van der Waals surface area (Å²) in [6.07, 6.45) is 1.77. The lowest BCUT2D eigenvalue weighted by Gasteiger charge is -2.08. The topological polar surface area (TPSA) is 56.1 Å². The molecule has 0 amide bonds. The molecule has 2 rings (SSSR count). The van der Waals surface area contributed by atoms with Gasteiger partial charge in [0.2, 0.25) is 0 Å². The first-order valence-corrected chi connectivity index (χ1v) is 6.03. The van der Waals surface area contributed by atoms with E-state index in [9.17, 15) is 4.79 Å². The minimum atomic E-state index is -0.385. The Morgan fingerprint density at radius 2 is 2.21 bits per heavy atom. The summed E-state index contributed by atoms with van der Waals surface area (Å²) >= 11 is 5.23. The molecule has 0 saturated heterocycles. The number of carbonyl (C=O) groups is 1. The summed E-state index contributed by atoms with van der Waals surface area (Å²) in [6, 6.07) is 8.78. The number of anilines is 1. The van der Waals surface area contributed by atoms with Gasteiger partial charge in [0.15, 0.2) is 5.11 Å². The number of methoxy groups -OCH3 is 1. The number of rotatable bonds is 2. The van der Waals surface area contributed by atoms with Gasteiger partial charge in [-0.25, -0.2) is 9.48 Å². The minimum absolute atomic E-state index is 0.385. The van der Waals surface area contributed by atoms with Gasteiger partial charge in [-0.1, -0.05) is 6.07 Å². The summed E-state index contributed by atoms with van der Waals surface area (Å²) in [6.45, 7) is 1.89. The van der Waals surface area contributed by atoms with Crippen LogP contribution in [0.1, 0.15) is 16.1 Å². The summed E-state index contributed by atoms with van der Waals surface area (Å²) in [4.78, 5) is 11.4. The fourth-order valence-corrected chi connectivity index (χ4v) is 1.77. The molecule has 19 heavy (non-hydrogen) atoms. The second kappa shape index (κ2) is 5.62. The van der Waals surface area contributed by atoms with Crippen molar-refractivity contribution in [1.82, 2.24) is 9.78 Å². The first kappa shape index (κ1) is 13.2. The highest BCUT2D eigenvalue weighted by Gasteiger charge is 2.07. The van der Waals surface area contributed by atoms with Crippen molar-refractivity contribution in [3.05, 3.63) is 47.8 Å². The molecule has 0 fully saturated rings. The van der Waals surface area contributed by atoms with Crippen molar-refractivity contribution in [2.75, 3.05) is 12.4 Å². The highest BCUT2D eigenvalue weighted by Crippen LogP contribution is 2.12. The Balaban J connectivity index is 2.15. The Morgan fingerprint density at radius 3 is 2.84 bits per heavy atom. The largest absolute Gasteiger partial charge is 0.465 e. The molecule has 5 nitrogen and oxygen atoms in total. The zero-order valence-corrected chi connectivity index (χ0v) is 11.4. The summed E-state index contributed by atoms with van der Waals surface area (Å²) in [5.41, 5.74) is 2.06. The summed E-state index contributed by atoms with van der Waals surface area (Å²) in [5, 5.41) is 7.66. The number of nitrogens with zero attached hydrogens (tertiary/aromatic N) is 2. The average molecular weight is 275 g/mol. The number of aromatic nitrogens is 2. The molecule has 1 heterocycles. The van der Waals surface area contributed by atoms with Gasteiger partial charge >= 0.3 is 5.97 Å². The zero-order valence-electron chi connectivity index (χ0n) is 10.6. The lowest BCUT2D eigenvalue weighted by atomic mass is 10.2. The van der Waals surface area contributed by atoms with Crippen LogP contribution in [0.5, 0.6) is 0 Å². The van der Waals surface area contributed by atoms with Crippen molar-refractivity contribution in [1.29, 1.82) is 0 Å². The summed E-state index contributed by atoms with van der Waals surface area (Å²) in [5.74, 6) is -0.385. The van der Waals surface area contributed by atoms with Crippen molar-refractivity contribution in [2.45, 2.75) is 6.92 Å². The van der Waals surface area contributed by atoms with E-state index in [0.29, 0.717) is 16.4 Å². The molecule has 0 atom stereocenters. The molecule has 1 N–H and O–H groups in total. The first-order chi connectivity index (χ1) is 9.10. The molecule has 0 radical (unpaired) electrons. The Morgan fingerprint density at radius 1 is 1.42 bits per heavy atom. The SMILES string of the molecule is COC(=O)c1cccc(NC(=S)n2ccc(C)n2)c1. The quantitative estimate of drug-likeness (QED) is 0.673. The molecule has 0 aliphatic heterocycles. The molecular formula is C13H13N3O2S. The van der Waals surface area contributed by atoms with E-state index in [1.165, 1.54) is 7.11 Å². The van der Waals surface area contributed by atoms with Crippen molar-refractivity contribution >= 4 is 29.0 Å². The number of ether oxygens (including phenoxy) is 1. The van der Waals surface area contributed by atoms with Crippen molar-refractivity contribution in [3.8, 4) is 0 Å². The van der Waals surface area contributed by atoms with E-state index < -0.39 is 0 Å². The van der Waals surface area contributed by atoms with Crippen LogP contribution in [0, 0.1) is 6.92 Å². The molecule has 98 valence electrons. The minimum Gasteiger partial charge on any atom is -0.465 e. The molecule has 0 spiro atoms. The fourth-order valence-electron chi connectivity index (χ4n) is 1.55. The van der Waals surface area contributed by atoms with E-state index in [1.54, 1.807) is 29.1 Å². The maximum atomic E-state index is 11.4. The number of benzene rings is 1. The molecule has 0 aliphatic rings. The molecule has 6 heteroatoms. The third-order valence-corrected chi connectivity index (χ3v) is 2.75. The average Bonchev–Trinajstić information content (AvgIpc) is 2.85. The van der Waals surface area contributed by atoms with Gasteiger partial charge in [-0.15, -0.1) is 0 Å². The van der Waals surface area contributed by atoms with Crippen LogP contribution >= 0.6 is 12.2 Å². The number of aryl methyl sites for hydroxylation is 1. The number of carbonyl (C=O) groups excluding carboxylic acids is 1. The highest BCUT2D eigenvalue weighted by molar-refractivity contribution is 7.80. The Labute approximate surface area is 116 Å². The smallest absolute Gasteiger partial charge is 0.337 e. The van der Waals surface area contributed by atoms with E-state index in [0.717, 1.165) is 5.69 Å². The van der Waals surface area contributed by atoms with Crippen molar-refractivity contribution in [3.63, 3.8) is 0 Å². The van der Waals surface area contributed by atoms with Gasteiger partial charge in [0.1, 0.15) is 0 Å². The van der Waals surface area contributed by atoms with Gasteiger partial charge in [0.25, 0.3) is 0 Å². The Bertz CT molecular complexity index is 622. The standard InChI is InChI=1S/C13H13N3O2S/c1-9-6-7-16(15-9)13(19)14-11-5-3-4-10(8-11)12(17)18-2/h3-8H,1-2H3,(H,14,19). The Kier molecular flexibility index (Phi) is 3.91. The molecule has 0 unspecified atom stereocenters. The fraction of sp³-hybridized carbons (Fsp3) is 0.154. The van der Waals surface area contributed by atoms with Crippen LogP contribution in [-0.4, -0.2) is 28.0 Å². The maximum Gasteiger partial charge on any atom is 0.337 e. The van der Waals surface area contributed by atoms with Gasteiger partial charge in [-0.05, 0) is 43.4 Å². The third kappa shape index (κ3) is 3.17. The molecule has 0 bridgehead atoms. The number of thiocarbonyl (C=S) groups is 1. The van der Waals surface area contributed by atoms with E-state index in [1.807, 2.05) is 19.1 Å². The second-order valence-corrected chi connectivity index (χ2v) is 4.29. The molecular weight excluding hydrogens is 262 g/mol. The van der Waals surface area contributed by atoms with E-state index in [-0.39, 0.29) is 5.97 Å². The number of hydrogen-bond acceptors (Lipinski definition) is 4. The van der Waals surface area contributed by atoms with Crippen LogP contribution in [0.4, 0.5) is 5.69 Å². The zero-order chi connectivity index (χ0) is 13.8. The van der Waals surface area contributed by atoms with Crippen molar-refractivity contribution < 1.29 is 9.53 Å². The Hall–Kier alpha value is -2.21. The predicted molar refractivity (Wildman–Crippen MR) is 76.4 cm³/mol. The molecule has 1 aromatic heterocycles. The van der Waals surface area contributed by atoms with Gasteiger partial charge in [0, 0.05) is 11.9 Å². The first-order valence-electron chi connectivity index (χ1n) is 5.62. The van der Waals surface area contributed by atoms with Crippen LogP contribution < -0.4 is 5.32 Å². The van der Waals surface area contributed by atoms with E-state index >= 15 is 0 Å². The summed E-state index contributed by atoms with van der Waals surface area (Å²) < 4.78 is 6.23. The maximum absolute atomic E-state index is 11.4. The predicted octanol–water partition coefficient (Wildman–Crippen LogP) is 2.22. The summed E-state index contributed by atoms with van der Waals surface area (Å²) in [7, 11) is 1.35. The van der Waals surface area contributed by atoms with Crippen LogP contribution in [0.2, 0.25) is 0 Å². The number of hydrogen-bond donors (Lipinski definition) is 1. The van der Waals surface area contributed by atoms with Crippen LogP contribution in [-0.2, 0) is 4.74 Å². The van der Waals surface area contributed by atoms with Gasteiger partial charge in [-0.2, -0.15) is 5.10 Å². The lowest BCUT2D eigenvalue weighted by Crippen LogP contribution is -2.19. The lowest BCUT2D eigenvalue weighted by molar-refractivity contribution is 0.0601. The number of nitrogens with one attached hydrogen (secondary N) is 1. The normalized spacial score (nSPS) is 10.0. The van der Waals surface area contributed by atoms with Crippen LogP contribution in [0.3, 0.4) is 0 Å². The molecule has 2 aromatic rings. The van der Waals surface area contributed by atoms with Gasteiger partial charge in [0.05, 0.1) is 18.4 Å². The van der Waals surface area contributed by atoms with Crippen molar-refractivity contribution in [2.24, 2.45) is 0 Å². The molecule has 0 aliphatic carbocycles. The number of esters is 1. The monoisotopic (exact) mass is 275 g/mol. The van der Waals surface area contributed by atoms with E-state index in [2.05, 4.69) is 15.2 Å². The third-order valence-electron chi connectivity index (χ3n) is 2.47. The second-order valence-electron chi connectivity index (χ2n) is 3.90.